The highest BCUT2D eigenvalue weighted by Gasteiger charge is 2.13. The summed E-state index contributed by atoms with van der Waals surface area (Å²) in [6.07, 6.45) is 0. The standard InChI is InChI=1S/C22H17N/c1-17-9-8-14-20(15-17)22(19-12-6-3-7-13-19)21(16-23)18-10-4-2-5-11-18/h2-15H,1H3/b22-21+. The third-order valence-corrected chi connectivity index (χ3v) is 3.79. The van der Waals surface area contributed by atoms with E-state index in [1.54, 1.807) is 0 Å². The van der Waals surface area contributed by atoms with E-state index in [1.807, 2.05) is 54.6 Å². The van der Waals surface area contributed by atoms with Crippen LogP contribution in [-0.4, -0.2) is 0 Å². The van der Waals surface area contributed by atoms with Crippen molar-refractivity contribution >= 4 is 11.1 Å². The first-order valence-electron chi connectivity index (χ1n) is 7.62. The van der Waals surface area contributed by atoms with Crippen molar-refractivity contribution in [2.75, 3.05) is 0 Å². The van der Waals surface area contributed by atoms with Gasteiger partial charge in [0.05, 0.1) is 5.57 Å². The highest BCUT2D eigenvalue weighted by atomic mass is 14.3. The van der Waals surface area contributed by atoms with Crippen LogP contribution < -0.4 is 0 Å². The van der Waals surface area contributed by atoms with E-state index < -0.39 is 0 Å². The zero-order valence-electron chi connectivity index (χ0n) is 13.0. The van der Waals surface area contributed by atoms with Crippen LogP contribution in [-0.2, 0) is 0 Å². The molecule has 0 N–H and O–H groups in total. The third-order valence-electron chi connectivity index (χ3n) is 3.79. The van der Waals surface area contributed by atoms with E-state index in [0.29, 0.717) is 5.57 Å². The van der Waals surface area contributed by atoms with Crippen LogP contribution in [0.5, 0.6) is 0 Å². The Bertz CT molecular complexity index is 869. The Labute approximate surface area is 137 Å². The van der Waals surface area contributed by atoms with Gasteiger partial charge in [-0.05, 0) is 23.6 Å². The molecule has 23 heavy (non-hydrogen) atoms. The van der Waals surface area contributed by atoms with Gasteiger partial charge < -0.3 is 0 Å². The fourth-order valence-corrected chi connectivity index (χ4v) is 2.73. The van der Waals surface area contributed by atoms with Gasteiger partial charge in [-0.25, -0.2) is 0 Å². The molecule has 0 amide bonds. The molecule has 3 aromatic rings. The van der Waals surface area contributed by atoms with Crippen LogP contribution in [0, 0.1) is 18.3 Å². The number of benzene rings is 3. The van der Waals surface area contributed by atoms with Gasteiger partial charge in [-0.1, -0.05) is 90.5 Å². The Morgan fingerprint density at radius 3 is 1.83 bits per heavy atom. The summed E-state index contributed by atoms with van der Waals surface area (Å²) < 4.78 is 0. The maximum absolute atomic E-state index is 9.83. The molecular weight excluding hydrogens is 278 g/mol. The van der Waals surface area contributed by atoms with Crippen LogP contribution >= 0.6 is 0 Å². The highest BCUT2D eigenvalue weighted by molar-refractivity contribution is 6.03. The topological polar surface area (TPSA) is 23.8 Å². The van der Waals surface area contributed by atoms with Crippen LogP contribution in [0.25, 0.3) is 11.1 Å². The minimum Gasteiger partial charge on any atom is -0.192 e. The summed E-state index contributed by atoms with van der Waals surface area (Å²) in [5, 5.41) is 9.83. The van der Waals surface area contributed by atoms with Gasteiger partial charge >= 0.3 is 0 Å². The minimum atomic E-state index is 0.697. The van der Waals surface area contributed by atoms with E-state index in [-0.39, 0.29) is 0 Å². The van der Waals surface area contributed by atoms with Crippen molar-refractivity contribution in [3.63, 3.8) is 0 Å². The largest absolute Gasteiger partial charge is 0.192 e. The molecule has 1 heteroatoms. The molecule has 110 valence electrons. The average molecular weight is 295 g/mol. The Morgan fingerprint density at radius 2 is 1.26 bits per heavy atom. The van der Waals surface area contributed by atoms with Crippen molar-refractivity contribution in [2.24, 2.45) is 0 Å². The summed E-state index contributed by atoms with van der Waals surface area (Å²) in [5.74, 6) is 0. The lowest BCUT2D eigenvalue weighted by Gasteiger charge is -2.13. The number of nitrogens with zero attached hydrogens (tertiary/aromatic N) is 1. The second-order valence-electron chi connectivity index (χ2n) is 5.46. The lowest BCUT2D eigenvalue weighted by molar-refractivity contribution is 1.43. The Balaban J connectivity index is 2.32. The molecule has 0 aromatic heterocycles. The Hall–Kier alpha value is -3.11. The van der Waals surface area contributed by atoms with Crippen molar-refractivity contribution in [1.82, 2.24) is 0 Å². The molecule has 0 saturated heterocycles. The maximum atomic E-state index is 9.83. The number of rotatable bonds is 3. The zero-order chi connectivity index (χ0) is 16.1. The van der Waals surface area contributed by atoms with Gasteiger partial charge in [0.15, 0.2) is 0 Å². The number of hydrogen-bond donors (Lipinski definition) is 0. The molecule has 0 bridgehead atoms. The molecule has 3 aromatic carbocycles. The smallest absolute Gasteiger partial charge is 0.100 e. The average Bonchev–Trinajstić information content (AvgIpc) is 2.61. The summed E-state index contributed by atoms with van der Waals surface area (Å²) in [5.41, 5.74) is 5.91. The van der Waals surface area contributed by atoms with Crippen molar-refractivity contribution in [3.05, 3.63) is 107 Å². The predicted molar refractivity (Wildman–Crippen MR) is 95.6 cm³/mol. The van der Waals surface area contributed by atoms with E-state index in [9.17, 15) is 5.26 Å². The molecule has 0 aliphatic carbocycles. The van der Waals surface area contributed by atoms with Gasteiger partial charge in [-0.3, -0.25) is 0 Å². The van der Waals surface area contributed by atoms with Gasteiger partial charge in [0.1, 0.15) is 6.07 Å². The lowest BCUT2D eigenvalue weighted by atomic mass is 9.89. The van der Waals surface area contributed by atoms with E-state index >= 15 is 0 Å². The molecule has 0 aliphatic heterocycles. The number of nitriles is 1. The molecule has 0 atom stereocenters. The molecular formula is C22H17N. The van der Waals surface area contributed by atoms with Gasteiger partial charge in [-0.15, -0.1) is 0 Å². The van der Waals surface area contributed by atoms with Crippen molar-refractivity contribution < 1.29 is 0 Å². The van der Waals surface area contributed by atoms with Crippen molar-refractivity contribution in [1.29, 1.82) is 5.26 Å². The first kappa shape index (κ1) is 14.8. The molecule has 3 rings (SSSR count). The quantitative estimate of drug-likeness (QED) is 0.464. The fourth-order valence-electron chi connectivity index (χ4n) is 2.73. The Kier molecular flexibility index (Phi) is 4.36. The van der Waals surface area contributed by atoms with Gasteiger partial charge in [0.25, 0.3) is 0 Å². The molecule has 0 fully saturated rings. The third kappa shape index (κ3) is 3.22. The zero-order valence-corrected chi connectivity index (χ0v) is 13.0. The van der Waals surface area contributed by atoms with E-state index in [4.69, 9.17) is 0 Å². The number of aryl methyl sites for hydroxylation is 1. The fraction of sp³-hybridized carbons (Fsp3) is 0.0455. The predicted octanol–water partition coefficient (Wildman–Crippen LogP) is 5.48. The monoisotopic (exact) mass is 295 g/mol. The van der Waals surface area contributed by atoms with Crippen LogP contribution in [0.4, 0.5) is 0 Å². The summed E-state index contributed by atoms with van der Waals surface area (Å²) in [4.78, 5) is 0. The van der Waals surface area contributed by atoms with Crippen molar-refractivity contribution in [2.45, 2.75) is 6.92 Å². The SMILES string of the molecule is Cc1cccc(/C(=C(\C#N)c2ccccc2)c2ccccc2)c1. The molecule has 0 heterocycles. The lowest BCUT2D eigenvalue weighted by Crippen LogP contribution is -1.94. The number of hydrogen-bond acceptors (Lipinski definition) is 1. The summed E-state index contributed by atoms with van der Waals surface area (Å²) >= 11 is 0. The van der Waals surface area contributed by atoms with E-state index in [1.165, 1.54) is 5.56 Å². The highest BCUT2D eigenvalue weighted by Crippen LogP contribution is 2.32. The summed E-state index contributed by atoms with van der Waals surface area (Å²) in [7, 11) is 0. The maximum Gasteiger partial charge on any atom is 0.100 e. The van der Waals surface area contributed by atoms with Gasteiger partial charge in [0, 0.05) is 5.57 Å². The molecule has 0 spiro atoms. The normalized spacial score (nSPS) is 11.5. The second kappa shape index (κ2) is 6.77. The molecule has 0 saturated carbocycles. The first-order valence-corrected chi connectivity index (χ1v) is 7.62. The minimum absolute atomic E-state index is 0.697. The first-order chi connectivity index (χ1) is 11.3. The molecule has 1 nitrogen and oxygen atoms in total. The van der Waals surface area contributed by atoms with Crippen LogP contribution in [0.15, 0.2) is 84.9 Å². The van der Waals surface area contributed by atoms with E-state index in [0.717, 1.165) is 22.3 Å². The van der Waals surface area contributed by atoms with Crippen molar-refractivity contribution in [3.8, 4) is 6.07 Å². The Morgan fingerprint density at radius 1 is 0.696 bits per heavy atom. The molecule has 0 aliphatic rings. The second-order valence-corrected chi connectivity index (χ2v) is 5.46. The van der Waals surface area contributed by atoms with Gasteiger partial charge in [-0.2, -0.15) is 5.26 Å². The summed E-state index contributed by atoms with van der Waals surface area (Å²) in [6, 6.07) is 30.7. The van der Waals surface area contributed by atoms with E-state index in [2.05, 4.69) is 43.3 Å². The van der Waals surface area contributed by atoms with Crippen LogP contribution in [0.2, 0.25) is 0 Å². The van der Waals surface area contributed by atoms with Crippen LogP contribution in [0.3, 0.4) is 0 Å². The number of allylic oxidation sites excluding steroid dienone is 1. The van der Waals surface area contributed by atoms with Crippen LogP contribution in [0.1, 0.15) is 22.3 Å². The molecule has 0 unspecified atom stereocenters. The summed E-state index contributed by atoms with van der Waals surface area (Å²) in [6.45, 7) is 2.07. The molecule has 0 radical (unpaired) electrons. The van der Waals surface area contributed by atoms with Gasteiger partial charge in [0.2, 0.25) is 0 Å².